The Morgan fingerprint density at radius 1 is 1.04 bits per heavy atom. The Kier molecular flexibility index (Phi) is 5.30. The number of primary amides is 1. The molecule has 6 nitrogen and oxygen atoms in total. The lowest BCUT2D eigenvalue weighted by atomic mass is 9.95. The van der Waals surface area contributed by atoms with Gasteiger partial charge in [0.15, 0.2) is 0 Å². The summed E-state index contributed by atoms with van der Waals surface area (Å²) in [5.41, 5.74) is 9.13. The third-order valence-corrected chi connectivity index (χ3v) is 5.06. The minimum atomic E-state index is -0.635. The van der Waals surface area contributed by atoms with Gasteiger partial charge in [0.25, 0.3) is 5.91 Å². The molecule has 3 amide bonds. The highest BCUT2D eigenvalue weighted by Gasteiger charge is 2.22. The number of aromatic nitrogens is 1. The predicted octanol–water partition coefficient (Wildman–Crippen LogP) is 4.35. The lowest BCUT2D eigenvalue weighted by molar-refractivity contribution is 0.102. The average molecular weight is 354 g/mol. The van der Waals surface area contributed by atoms with Crippen LogP contribution >= 0.6 is 0 Å². The maximum atomic E-state index is 12.8. The number of carbonyl (C=O) groups excluding carboxylic acids is 2. The molecule has 0 saturated heterocycles. The van der Waals surface area contributed by atoms with E-state index in [9.17, 15) is 9.59 Å². The van der Waals surface area contributed by atoms with Gasteiger partial charge < -0.3 is 20.9 Å². The Hall–Kier alpha value is -2.76. The van der Waals surface area contributed by atoms with Crippen LogP contribution in [0.3, 0.4) is 0 Å². The minimum Gasteiger partial charge on any atom is -0.351 e. The lowest BCUT2D eigenvalue weighted by Gasteiger charge is -2.26. The van der Waals surface area contributed by atoms with Gasteiger partial charge in [0.1, 0.15) is 0 Å². The zero-order valence-electron chi connectivity index (χ0n) is 15.3. The third kappa shape index (κ3) is 3.90. The van der Waals surface area contributed by atoms with E-state index in [4.69, 9.17) is 5.73 Å². The monoisotopic (exact) mass is 354 g/mol. The molecule has 0 spiro atoms. The van der Waals surface area contributed by atoms with Crippen LogP contribution in [0.25, 0.3) is 0 Å². The van der Waals surface area contributed by atoms with Crippen LogP contribution in [-0.2, 0) is 0 Å². The zero-order chi connectivity index (χ0) is 18.7. The number of urea groups is 1. The van der Waals surface area contributed by atoms with E-state index in [-0.39, 0.29) is 5.91 Å². The van der Waals surface area contributed by atoms with Crippen molar-refractivity contribution in [3.8, 4) is 0 Å². The summed E-state index contributed by atoms with van der Waals surface area (Å²) in [5.74, 6) is -0.142. The number of amides is 3. The Morgan fingerprint density at radius 3 is 2.35 bits per heavy atom. The number of carbonyl (C=O) groups is 2. The molecule has 4 N–H and O–H groups in total. The first-order valence-electron chi connectivity index (χ1n) is 9.12. The first-order valence-corrected chi connectivity index (χ1v) is 9.12. The van der Waals surface area contributed by atoms with E-state index < -0.39 is 6.03 Å². The topological polar surface area (TPSA) is 89.2 Å². The predicted molar refractivity (Wildman–Crippen MR) is 104 cm³/mol. The summed E-state index contributed by atoms with van der Waals surface area (Å²) in [6, 6.07) is 8.76. The molecule has 138 valence electrons. The van der Waals surface area contributed by atoms with Crippen molar-refractivity contribution in [3.63, 3.8) is 0 Å². The number of nitrogens with one attached hydrogen (secondary N) is 2. The van der Waals surface area contributed by atoms with Gasteiger partial charge in [-0.2, -0.15) is 0 Å². The smallest absolute Gasteiger partial charge is 0.316 e. The maximum Gasteiger partial charge on any atom is 0.316 e. The Morgan fingerprint density at radius 2 is 1.69 bits per heavy atom. The van der Waals surface area contributed by atoms with Gasteiger partial charge in [0.05, 0.1) is 5.56 Å². The van der Waals surface area contributed by atoms with E-state index in [2.05, 4.69) is 22.1 Å². The minimum absolute atomic E-state index is 0.142. The second kappa shape index (κ2) is 7.64. The first kappa shape index (κ1) is 18.0. The molecule has 2 aromatic rings. The third-order valence-electron chi connectivity index (χ3n) is 5.06. The number of nitrogens with two attached hydrogens (primary N) is 1. The van der Waals surface area contributed by atoms with E-state index in [0.717, 1.165) is 11.4 Å². The standard InChI is InChI=1S/C20H26N4O2/c1-13-11-18(14(2)24(13)17-9-4-3-5-10-17)19(25)22-15-7-6-8-16(12-15)23-20(21)26/h6-8,11-12,17H,3-5,9-10H2,1-2H3,(H,22,25)(H3,21,23,26). The molecular weight excluding hydrogens is 328 g/mol. The quantitative estimate of drug-likeness (QED) is 0.762. The highest BCUT2D eigenvalue weighted by Crippen LogP contribution is 2.32. The summed E-state index contributed by atoms with van der Waals surface area (Å²) >= 11 is 0. The van der Waals surface area contributed by atoms with Crippen LogP contribution in [-0.4, -0.2) is 16.5 Å². The van der Waals surface area contributed by atoms with E-state index in [1.165, 1.54) is 32.1 Å². The first-order chi connectivity index (χ1) is 12.5. The Balaban J connectivity index is 1.79. The molecule has 26 heavy (non-hydrogen) atoms. The second-order valence-corrected chi connectivity index (χ2v) is 6.97. The highest BCUT2D eigenvalue weighted by atomic mass is 16.2. The largest absolute Gasteiger partial charge is 0.351 e. The summed E-state index contributed by atoms with van der Waals surface area (Å²) in [5, 5.41) is 5.42. The van der Waals surface area contributed by atoms with Gasteiger partial charge in [-0.25, -0.2) is 4.79 Å². The summed E-state index contributed by atoms with van der Waals surface area (Å²) in [6.45, 7) is 4.08. The number of benzene rings is 1. The van der Waals surface area contributed by atoms with Crippen molar-refractivity contribution >= 4 is 23.3 Å². The summed E-state index contributed by atoms with van der Waals surface area (Å²) in [7, 11) is 0. The fourth-order valence-corrected chi connectivity index (χ4v) is 3.92. The Bertz CT molecular complexity index is 819. The van der Waals surface area contributed by atoms with Crippen LogP contribution < -0.4 is 16.4 Å². The maximum absolute atomic E-state index is 12.8. The van der Waals surface area contributed by atoms with Crippen LogP contribution in [0.5, 0.6) is 0 Å². The fraction of sp³-hybridized carbons (Fsp3) is 0.400. The van der Waals surface area contributed by atoms with Gasteiger partial charge in [-0.05, 0) is 51.0 Å². The van der Waals surface area contributed by atoms with Crippen LogP contribution in [0.1, 0.15) is 59.9 Å². The van der Waals surface area contributed by atoms with Crippen molar-refractivity contribution in [2.45, 2.75) is 52.0 Å². The molecule has 3 rings (SSSR count). The molecule has 1 fully saturated rings. The van der Waals surface area contributed by atoms with E-state index in [1.807, 2.05) is 13.0 Å². The summed E-state index contributed by atoms with van der Waals surface area (Å²) < 4.78 is 2.32. The van der Waals surface area contributed by atoms with Crippen LogP contribution in [0.4, 0.5) is 16.2 Å². The molecule has 0 unspecified atom stereocenters. The van der Waals surface area contributed by atoms with Crippen molar-refractivity contribution in [1.29, 1.82) is 0 Å². The van der Waals surface area contributed by atoms with Crippen molar-refractivity contribution in [2.75, 3.05) is 10.6 Å². The van der Waals surface area contributed by atoms with Gasteiger partial charge in [0, 0.05) is 28.8 Å². The van der Waals surface area contributed by atoms with Crippen molar-refractivity contribution in [2.24, 2.45) is 5.73 Å². The molecular formula is C20H26N4O2. The van der Waals surface area contributed by atoms with E-state index in [1.54, 1.807) is 24.3 Å². The van der Waals surface area contributed by atoms with Gasteiger partial charge in [-0.15, -0.1) is 0 Å². The average Bonchev–Trinajstić information content (AvgIpc) is 2.90. The van der Waals surface area contributed by atoms with Gasteiger partial charge >= 0.3 is 6.03 Å². The van der Waals surface area contributed by atoms with Crippen molar-refractivity contribution < 1.29 is 9.59 Å². The second-order valence-electron chi connectivity index (χ2n) is 6.97. The number of aryl methyl sites for hydroxylation is 1. The number of anilines is 2. The Labute approximate surface area is 153 Å². The molecule has 1 aliphatic rings. The lowest BCUT2D eigenvalue weighted by Crippen LogP contribution is -2.19. The van der Waals surface area contributed by atoms with Gasteiger partial charge in [0.2, 0.25) is 0 Å². The molecule has 1 heterocycles. The molecule has 0 radical (unpaired) electrons. The van der Waals surface area contributed by atoms with Gasteiger partial charge in [-0.1, -0.05) is 25.3 Å². The number of hydrogen-bond donors (Lipinski definition) is 3. The molecule has 0 aliphatic heterocycles. The zero-order valence-corrected chi connectivity index (χ0v) is 15.3. The molecule has 0 bridgehead atoms. The highest BCUT2D eigenvalue weighted by molar-refractivity contribution is 6.05. The number of hydrogen-bond acceptors (Lipinski definition) is 2. The fourth-order valence-electron chi connectivity index (χ4n) is 3.92. The number of rotatable bonds is 4. The van der Waals surface area contributed by atoms with Crippen LogP contribution in [0.15, 0.2) is 30.3 Å². The molecule has 6 heteroatoms. The van der Waals surface area contributed by atoms with Crippen LogP contribution in [0, 0.1) is 13.8 Å². The summed E-state index contributed by atoms with van der Waals surface area (Å²) in [6.07, 6.45) is 6.17. The SMILES string of the molecule is Cc1cc(C(=O)Nc2cccc(NC(N)=O)c2)c(C)n1C1CCCCC1. The van der Waals surface area contributed by atoms with Crippen LogP contribution in [0.2, 0.25) is 0 Å². The normalized spacial score (nSPS) is 14.8. The molecule has 1 aromatic heterocycles. The van der Waals surface area contributed by atoms with E-state index in [0.29, 0.717) is 23.0 Å². The molecule has 1 aromatic carbocycles. The van der Waals surface area contributed by atoms with Crippen molar-refractivity contribution in [1.82, 2.24) is 4.57 Å². The van der Waals surface area contributed by atoms with Gasteiger partial charge in [-0.3, -0.25) is 4.79 Å². The number of nitrogens with zero attached hydrogens (tertiary/aromatic N) is 1. The molecule has 1 aliphatic carbocycles. The molecule has 1 saturated carbocycles. The van der Waals surface area contributed by atoms with Crippen molar-refractivity contribution in [3.05, 3.63) is 47.3 Å². The van der Waals surface area contributed by atoms with E-state index >= 15 is 0 Å². The summed E-state index contributed by atoms with van der Waals surface area (Å²) in [4.78, 5) is 23.8. The molecule has 0 atom stereocenters.